The number of hydrogen-bond donors (Lipinski definition) is 0. The van der Waals surface area contributed by atoms with Crippen LogP contribution < -0.4 is 4.74 Å². The lowest BCUT2D eigenvalue weighted by molar-refractivity contribution is 0.0600. The Hall–Kier alpha value is -1.51. The Morgan fingerprint density at radius 2 is 1.56 bits per heavy atom. The molecule has 0 heterocycles. The molecule has 1 aromatic carbocycles. The van der Waals surface area contributed by atoms with E-state index in [0.717, 1.165) is 30.6 Å². The summed E-state index contributed by atoms with van der Waals surface area (Å²) < 4.78 is 10.5. The molecule has 0 amide bonds. The Morgan fingerprint density at radius 1 is 0.960 bits per heavy atom. The van der Waals surface area contributed by atoms with Gasteiger partial charge in [-0.05, 0) is 48.9 Å². The van der Waals surface area contributed by atoms with Crippen molar-refractivity contribution >= 4 is 5.97 Å². The number of ether oxygens (including phenoxy) is 2. The number of unbranched alkanes of at least 4 members (excludes halogenated alkanes) is 2. The maximum absolute atomic E-state index is 11.4. The van der Waals surface area contributed by atoms with Gasteiger partial charge < -0.3 is 9.47 Å². The first kappa shape index (κ1) is 19.8. The van der Waals surface area contributed by atoms with Crippen LogP contribution in [0.1, 0.15) is 81.5 Å². The molecule has 0 radical (unpaired) electrons. The van der Waals surface area contributed by atoms with E-state index in [4.69, 9.17) is 9.47 Å². The largest absolute Gasteiger partial charge is 0.494 e. The lowest BCUT2D eigenvalue weighted by atomic mass is 9.78. The molecule has 0 saturated heterocycles. The quantitative estimate of drug-likeness (QED) is 0.384. The van der Waals surface area contributed by atoms with Crippen LogP contribution in [0.2, 0.25) is 0 Å². The first-order valence-electron chi connectivity index (χ1n) is 10.0. The predicted molar refractivity (Wildman–Crippen MR) is 102 cm³/mol. The molecule has 0 unspecified atom stereocenters. The van der Waals surface area contributed by atoms with Gasteiger partial charge in [0.05, 0.1) is 19.3 Å². The second-order valence-electron chi connectivity index (χ2n) is 7.39. The van der Waals surface area contributed by atoms with E-state index in [0.29, 0.717) is 5.56 Å². The van der Waals surface area contributed by atoms with Crippen LogP contribution in [0.25, 0.3) is 0 Å². The Kier molecular flexibility index (Phi) is 8.85. The fourth-order valence-electron chi connectivity index (χ4n) is 3.86. The third-order valence-electron chi connectivity index (χ3n) is 5.48. The van der Waals surface area contributed by atoms with Gasteiger partial charge in [0.1, 0.15) is 5.75 Å². The molecule has 2 rings (SSSR count). The van der Waals surface area contributed by atoms with Gasteiger partial charge in [0, 0.05) is 0 Å². The van der Waals surface area contributed by atoms with E-state index in [1.54, 1.807) is 12.1 Å². The average molecular weight is 347 g/mol. The van der Waals surface area contributed by atoms with Crippen LogP contribution in [-0.4, -0.2) is 19.7 Å². The zero-order chi connectivity index (χ0) is 17.9. The highest BCUT2D eigenvalue weighted by Gasteiger charge is 2.20. The van der Waals surface area contributed by atoms with E-state index in [1.807, 2.05) is 12.1 Å². The molecule has 3 nitrogen and oxygen atoms in total. The van der Waals surface area contributed by atoms with Gasteiger partial charge in [-0.3, -0.25) is 0 Å². The van der Waals surface area contributed by atoms with E-state index in [9.17, 15) is 4.79 Å². The molecular formula is C22H34O3. The third-order valence-corrected chi connectivity index (χ3v) is 5.48. The summed E-state index contributed by atoms with van der Waals surface area (Å²) in [5.41, 5.74) is 0.561. The minimum Gasteiger partial charge on any atom is -0.494 e. The number of esters is 1. The van der Waals surface area contributed by atoms with Crippen molar-refractivity contribution in [2.45, 2.75) is 71.1 Å². The molecule has 0 bridgehead atoms. The molecule has 0 aromatic heterocycles. The summed E-state index contributed by atoms with van der Waals surface area (Å²) in [5.74, 6) is 2.41. The topological polar surface area (TPSA) is 35.5 Å². The van der Waals surface area contributed by atoms with Crippen molar-refractivity contribution in [1.29, 1.82) is 0 Å². The molecule has 140 valence electrons. The van der Waals surface area contributed by atoms with Crippen molar-refractivity contribution < 1.29 is 14.3 Å². The summed E-state index contributed by atoms with van der Waals surface area (Å²) in [6, 6.07) is 7.18. The summed E-state index contributed by atoms with van der Waals surface area (Å²) in [6.07, 6.45) is 13.7. The highest BCUT2D eigenvalue weighted by molar-refractivity contribution is 5.89. The van der Waals surface area contributed by atoms with Gasteiger partial charge in [-0.15, -0.1) is 0 Å². The first-order valence-corrected chi connectivity index (χ1v) is 10.0. The van der Waals surface area contributed by atoms with Crippen molar-refractivity contribution in [3.05, 3.63) is 29.8 Å². The van der Waals surface area contributed by atoms with Gasteiger partial charge >= 0.3 is 5.97 Å². The van der Waals surface area contributed by atoms with Gasteiger partial charge in [0.15, 0.2) is 0 Å². The summed E-state index contributed by atoms with van der Waals surface area (Å²) in [6.45, 7) is 3.04. The van der Waals surface area contributed by atoms with Gasteiger partial charge in [-0.2, -0.15) is 0 Å². The van der Waals surface area contributed by atoms with Crippen LogP contribution in [0.15, 0.2) is 24.3 Å². The third kappa shape index (κ3) is 7.09. The van der Waals surface area contributed by atoms with E-state index < -0.39 is 0 Å². The average Bonchev–Trinajstić information content (AvgIpc) is 2.66. The number of carbonyl (C=O) groups is 1. The molecule has 1 aliphatic carbocycles. The van der Waals surface area contributed by atoms with Gasteiger partial charge in [-0.25, -0.2) is 4.79 Å². The molecule has 3 heteroatoms. The monoisotopic (exact) mass is 346 g/mol. The molecule has 0 N–H and O–H groups in total. The van der Waals surface area contributed by atoms with Crippen molar-refractivity contribution in [3.63, 3.8) is 0 Å². The van der Waals surface area contributed by atoms with Crippen LogP contribution in [0.5, 0.6) is 5.75 Å². The lowest BCUT2D eigenvalue weighted by Crippen LogP contribution is -2.15. The first-order chi connectivity index (χ1) is 12.2. The molecular weight excluding hydrogens is 312 g/mol. The van der Waals surface area contributed by atoms with Gasteiger partial charge in [0.2, 0.25) is 0 Å². The summed E-state index contributed by atoms with van der Waals surface area (Å²) >= 11 is 0. The van der Waals surface area contributed by atoms with Crippen LogP contribution >= 0.6 is 0 Å². The van der Waals surface area contributed by atoms with Crippen LogP contribution in [-0.2, 0) is 4.74 Å². The van der Waals surface area contributed by atoms with Crippen LogP contribution in [0.3, 0.4) is 0 Å². The Labute approximate surface area is 153 Å². The molecule has 1 aliphatic rings. The fraction of sp³-hybridized carbons (Fsp3) is 0.682. The standard InChI is InChI=1S/C22H34O3/c1-3-4-5-7-18-9-11-19(12-10-18)8-6-17-25-21-15-13-20(14-16-21)22(23)24-2/h13-16,18-19H,3-12,17H2,1-2H3. The van der Waals surface area contributed by atoms with E-state index >= 15 is 0 Å². The molecule has 1 saturated carbocycles. The smallest absolute Gasteiger partial charge is 0.337 e. The highest BCUT2D eigenvalue weighted by atomic mass is 16.5. The molecule has 0 spiro atoms. The van der Waals surface area contributed by atoms with E-state index in [1.165, 1.54) is 64.9 Å². The maximum atomic E-state index is 11.4. The second kappa shape index (κ2) is 11.2. The van der Waals surface area contributed by atoms with Gasteiger partial charge in [-0.1, -0.05) is 58.3 Å². The molecule has 0 atom stereocenters. The molecule has 1 fully saturated rings. The van der Waals surface area contributed by atoms with E-state index in [2.05, 4.69) is 6.92 Å². The number of carbonyl (C=O) groups excluding carboxylic acids is 1. The lowest BCUT2D eigenvalue weighted by Gasteiger charge is -2.28. The van der Waals surface area contributed by atoms with E-state index in [-0.39, 0.29) is 5.97 Å². The SMILES string of the molecule is CCCCCC1CCC(CCCOc2ccc(C(=O)OC)cc2)CC1. The zero-order valence-electron chi connectivity index (χ0n) is 16.0. The Morgan fingerprint density at radius 3 is 2.12 bits per heavy atom. The zero-order valence-corrected chi connectivity index (χ0v) is 16.0. The van der Waals surface area contributed by atoms with Gasteiger partial charge in [0.25, 0.3) is 0 Å². The predicted octanol–water partition coefficient (Wildman–Crippen LogP) is 6.02. The number of rotatable bonds is 10. The minimum atomic E-state index is -0.308. The number of hydrogen-bond acceptors (Lipinski definition) is 3. The molecule has 0 aliphatic heterocycles. The van der Waals surface area contributed by atoms with Crippen molar-refractivity contribution in [2.75, 3.05) is 13.7 Å². The minimum absolute atomic E-state index is 0.308. The molecule has 1 aromatic rings. The van der Waals surface area contributed by atoms with Crippen molar-refractivity contribution in [2.24, 2.45) is 11.8 Å². The number of benzene rings is 1. The maximum Gasteiger partial charge on any atom is 0.337 e. The summed E-state index contributed by atoms with van der Waals surface area (Å²) in [7, 11) is 1.39. The highest BCUT2D eigenvalue weighted by Crippen LogP contribution is 2.34. The normalized spacial score (nSPS) is 20.2. The van der Waals surface area contributed by atoms with Crippen molar-refractivity contribution in [3.8, 4) is 5.75 Å². The van der Waals surface area contributed by atoms with Crippen molar-refractivity contribution in [1.82, 2.24) is 0 Å². The molecule has 25 heavy (non-hydrogen) atoms. The number of methoxy groups -OCH3 is 1. The Bertz CT molecular complexity index is 486. The van der Waals surface area contributed by atoms with Crippen LogP contribution in [0.4, 0.5) is 0 Å². The van der Waals surface area contributed by atoms with Crippen LogP contribution in [0, 0.1) is 11.8 Å². The Balaban J connectivity index is 1.57. The second-order valence-corrected chi connectivity index (χ2v) is 7.39. The summed E-state index contributed by atoms with van der Waals surface area (Å²) in [5, 5.41) is 0. The summed E-state index contributed by atoms with van der Waals surface area (Å²) in [4.78, 5) is 11.4. The fourth-order valence-corrected chi connectivity index (χ4v) is 3.86.